The number of nitrogens with one attached hydrogen (secondary N) is 2. The van der Waals surface area contributed by atoms with Crippen LogP contribution in [0.5, 0.6) is 0 Å². The van der Waals surface area contributed by atoms with E-state index in [9.17, 15) is 4.79 Å². The van der Waals surface area contributed by atoms with Crippen LogP contribution in [0.1, 0.15) is 23.6 Å². The minimum Gasteiger partial charge on any atom is -0.361 e. The maximum absolute atomic E-state index is 12.3. The van der Waals surface area contributed by atoms with Crippen molar-refractivity contribution in [1.29, 1.82) is 0 Å². The van der Waals surface area contributed by atoms with E-state index < -0.39 is 0 Å². The zero-order valence-electron chi connectivity index (χ0n) is 16.3. The first kappa shape index (κ1) is 18.0. The zero-order valence-corrected chi connectivity index (χ0v) is 16.3. The van der Waals surface area contributed by atoms with Gasteiger partial charge in [0.15, 0.2) is 17.3 Å². The van der Waals surface area contributed by atoms with Crippen molar-refractivity contribution in [3.8, 4) is 11.5 Å². The lowest BCUT2D eigenvalue weighted by molar-refractivity contribution is -0.121. The van der Waals surface area contributed by atoms with Crippen LogP contribution in [0, 0.1) is 6.92 Å². The number of H-pyrrole nitrogens is 1. The van der Waals surface area contributed by atoms with Crippen molar-refractivity contribution in [3.63, 3.8) is 0 Å². The monoisotopic (exact) mass is 401 g/mol. The number of pyridine rings is 1. The second-order valence-corrected chi connectivity index (χ2v) is 7.04. The van der Waals surface area contributed by atoms with Gasteiger partial charge in [-0.15, -0.1) is 10.2 Å². The van der Waals surface area contributed by atoms with E-state index in [4.69, 9.17) is 4.52 Å². The van der Waals surface area contributed by atoms with Gasteiger partial charge >= 0.3 is 0 Å². The van der Waals surface area contributed by atoms with Crippen LogP contribution in [0.3, 0.4) is 0 Å². The summed E-state index contributed by atoms with van der Waals surface area (Å²) in [6.45, 7) is 2.06. The third kappa shape index (κ3) is 3.41. The number of para-hydroxylation sites is 1. The van der Waals surface area contributed by atoms with Gasteiger partial charge in [-0.25, -0.2) is 0 Å². The number of aryl methyl sites for hydroxylation is 2. The minimum absolute atomic E-state index is 0.0324. The third-order valence-electron chi connectivity index (χ3n) is 5.00. The maximum Gasteiger partial charge on any atom is 0.258 e. The maximum atomic E-state index is 12.3. The summed E-state index contributed by atoms with van der Waals surface area (Å²) in [4.78, 5) is 19.8. The molecule has 9 nitrogen and oxygen atoms in total. The highest BCUT2D eigenvalue weighted by atomic mass is 16.5. The number of hydrogen-bond donors (Lipinski definition) is 2. The third-order valence-corrected chi connectivity index (χ3v) is 5.00. The first-order valence-corrected chi connectivity index (χ1v) is 9.63. The molecular formula is C21H19N7O2. The average Bonchev–Trinajstić information content (AvgIpc) is 3.48. The van der Waals surface area contributed by atoms with E-state index >= 15 is 0 Å². The van der Waals surface area contributed by atoms with Crippen LogP contribution in [0.4, 0.5) is 0 Å². The van der Waals surface area contributed by atoms with Crippen LogP contribution >= 0.6 is 0 Å². The van der Waals surface area contributed by atoms with Crippen molar-refractivity contribution >= 4 is 22.5 Å². The quantitative estimate of drug-likeness (QED) is 0.452. The molecule has 30 heavy (non-hydrogen) atoms. The molecule has 0 atom stereocenters. The van der Waals surface area contributed by atoms with E-state index in [0.717, 1.165) is 22.0 Å². The van der Waals surface area contributed by atoms with Gasteiger partial charge in [-0.2, -0.15) is 4.98 Å². The van der Waals surface area contributed by atoms with Crippen molar-refractivity contribution in [3.05, 3.63) is 66.0 Å². The van der Waals surface area contributed by atoms with Crippen LogP contribution in [-0.4, -0.2) is 35.6 Å². The summed E-state index contributed by atoms with van der Waals surface area (Å²) in [5, 5.41) is 16.2. The highest BCUT2D eigenvalue weighted by Gasteiger charge is 2.12. The molecule has 0 aliphatic heterocycles. The van der Waals surface area contributed by atoms with Crippen molar-refractivity contribution in [2.45, 2.75) is 26.3 Å². The molecule has 5 rings (SSSR count). The highest BCUT2D eigenvalue weighted by Crippen LogP contribution is 2.20. The summed E-state index contributed by atoms with van der Waals surface area (Å²) >= 11 is 0. The summed E-state index contributed by atoms with van der Waals surface area (Å²) in [7, 11) is 0. The van der Waals surface area contributed by atoms with Crippen LogP contribution in [0.25, 0.3) is 28.0 Å². The van der Waals surface area contributed by atoms with Crippen molar-refractivity contribution in [2.75, 3.05) is 0 Å². The van der Waals surface area contributed by atoms with Crippen LogP contribution in [-0.2, 0) is 17.8 Å². The van der Waals surface area contributed by atoms with Gasteiger partial charge < -0.3 is 14.8 Å². The molecule has 0 saturated heterocycles. The Hall–Kier alpha value is -4.01. The Morgan fingerprint density at radius 3 is 3.00 bits per heavy atom. The summed E-state index contributed by atoms with van der Waals surface area (Å²) in [5.74, 6) is 1.63. The molecule has 1 aromatic carbocycles. The van der Waals surface area contributed by atoms with Gasteiger partial charge in [-0.05, 0) is 37.1 Å². The Balaban J connectivity index is 1.23. The Kier molecular flexibility index (Phi) is 4.47. The second-order valence-electron chi connectivity index (χ2n) is 7.04. The number of aromatic amines is 1. The van der Waals surface area contributed by atoms with E-state index in [1.54, 1.807) is 6.92 Å². The summed E-state index contributed by atoms with van der Waals surface area (Å²) in [5.41, 5.74) is 3.63. The molecule has 0 saturated carbocycles. The van der Waals surface area contributed by atoms with E-state index in [2.05, 4.69) is 36.7 Å². The lowest BCUT2D eigenvalue weighted by Gasteiger charge is -2.04. The lowest BCUT2D eigenvalue weighted by atomic mass is 10.1. The van der Waals surface area contributed by atoms with E-state index in [0.29, 0.717) is 42.6 Å². The standard InChI is InChI=1S/C21H19N7O2/c1-13-24-21(30-27-13)14-8-9-28-18(10-14)25-26-19(28)12-23-20(29)7-6-15-11-22-17-5-3-2-4-16(15)17/h2-5,8-11,22H,6-7,12H2,1H3,(H,23,29). The molecule has 4 heterocycles. The van der Waals surface area contributed by atoms with E-state index in [-0.39, 0.29) is 5.91 Å². The van der Waals surface area contributed by atoms with Crippen LogP contribution in [0.15, 0.2) is 53.3 Å². The predicted octanol–water partition coefficient (Wildman–Crippen LogP) is 2.82. The molecule has 1 amide bonds. The fourth-order valence-electron chi connectivity index (χ4n) is 3.46. The van der Waals surface area contributed by atoms with Gasteiger partial charge in [0.05, 0.1) is 6.54 Å². The topological polar surface area (TPSA) is 114 Å². The van der Waals surface area contributed by atoms with Crippen molar-refractivity contribution in [1.82, 2.24) is 35.0 Å². The van der Waals surface area contributed by atoms with E-state index in [1.165, 1.54) is 0 Å². The van der Waals surface area contributed by atoms with Gasteiger partial charge in [0, 0.05) is 35.3 Å². The smallest absolute Gasteiger partial charge is 0.258 e. The van der Waals surface area contributed by atoms with Gasteiger partial charge in [0.2, 0.25) is 5.91 Å². The number of nitrogens with zero attached hydrogens (tertiary/aromatic N) is 5. The summed E-state index contributed by atoms with van der Waals surface area (Å²) in [6.07, 6.45) is 4.87. The van der Waals surface area contributed by atoms with Crippen LogP contribution in [0.2, 0.25) is 0 Å². The molecule has 0 bridgehead atoms. The molecular weight excluding hydrogens is 382 g/mol. The number of fused-ring (bicyclic) bond motifs is 2. The Labute approximate surface area is 171 Å². The number of amides is 1. The predicted molar refractivity (Wildman–Crippen MR) is 109 cm³/mol. The minimum atomic E-state index is -0.0324. The number of hydrogen-bond acceptors (Lipinski definition) is 6. The van der Waals surface area contributed by atoms with Crippen molar-refractivity contribution in [2.24, 2.45) is 0 Å². The Morgan fingerprint density at radius 1 is 1.23 bits per heavy atom. The summed E-state index contributed by atoms with van der Waals surface area (Å²) in [6, 6.07) is 11.8. The number of carbonyl (C=O) groups excluding carboxylic acids is 1. The molecule has 0 spiro atoms. The Morgan fingerprint density at radius 2 is 2.13 bits per heavy atom. The van der Waals surface area contributed by atoms with E-state index in [1.807, 2.05) is 47.1 Å². The van der Waals surface area contributed by atoms with Gasteiger partial charge in [-0.3, -0.25) is 9.20 Å². The molecule has 9 heteroatoms. The number of rotatable bonds is 6. The lowest BCUT2D eigenvalue weighted by Crippen LogP contribution is -2.24. The van der Waals surface area contributed by atoms with Crippen LogP contribution < -0.4 is 5.32 Å². The molecule has 4 aromatic heterocycles. The van der Waals surface area contributed by atoms with Crippen molar-refractivity contribution < 1.29 is 9.32 Å². The first-order valence-electron chi connectivity index (χ1n) is 9.63. The fraction of sp³-hybridized carbons (Fsp3) is 0.190. The number of aromatic nitrogens is 6. The molecule has 0 fully saturated rings. The highest BCUT2D eigenvalue weighted by molar-refractivity contribution is 5.84. The summed E-state index contributed by atoms with van der Waals surface area (Å²) < 4.78 is 7.02. The normalized spacial score (nSPS) is 11.4. The number of benzene rings is 1. The molecule has 0 unspecified atom stereocenters. The molecule has 150 valence electrons. The van der Waals surface area contributed by atoms with Gasteiger partial charge in [0.25, 0.3) is 5.89 Å². The SMILES string of the molecule is Cc1noc(-c2ccn3c(CNC(=O)CCc4c[nH]c5ccccc45)nnc3c2)n1. The molecule has 5 aromatic rings. The molecule has 0 aliphatic rings. The largest absolute Gasteiger partial charge is 0.361 e. The molecule has 0 aliphatic carbocycles. The van der Waals surface area contributed by atoms with Gasteiger partial charge in [0.1, 0.15) is 0 Å². The molecule has 0 radical (unpaired) electrons. The fourth-order valence-corrected chi connectivity index (χ4v) is 3.46. The zero-order chi connectivity index (χ0) is 20.5. The number of carbonyl (C=O) groups is 1. The second kappa shape index (κ2) is 7.43. The molecule has 2 N–H and O–H groups in total. The van der Waals surface area contributed by atoms with Gasteiger partial charge in [-0.1, -0.05) is 23.4 Å². The average molecular weight is 401 g/mol. The first-order chi connectivity index (χ1) is 14.7. The Bertz CT molecular complexity index is 1350.